The van der Waals surface area contributed by atoms with E-state index in [4.69, 9.17) is 10.5 Å². The van der Waals surface area contributed by atoms with Crippen molar-refractivity contribution in [3.8, 4) is 0 Å². The van der Waals surface area contributed by atoms with Gasteiger partial charge in [-0.15, -0.1) is 10.2 Å². The van der Waals surface area contributed by atoms with Crippen LogP contribution in [-0.2, 0) is 16.6 Å². The number of esters is 1. The largest absolute Gasteiger partial charge is 0.465 e. The molecule has 1 aromatic heterocycles. The minimum atomic E-state index is -0.827. The Kier molecular flexibility index (Phi) is 3.91. The first kappa shape index (κ1) is 13.4. The molecule has 1 heterocycles. The van der Waals surface area contributed by atoms with Crippen LogP contribution in [0.1, 0.15) is 26.2 Å². The molecule has 100 valence electrons. The summed E-state index contributed by atoms with van der Waals surface area (Å²) in [5.74, 6) is -0.286. The van der Waals surface area contributed by atoms with Gasteiger partial charge in [0.1, 0.15) is 11.9 Å². The van der Waals surface area contributed by atoms with Crippen molar-refractivity contribution in [1.82, 2.24) is 14.8 Å². The number of thioether (sulfide) groups is 1. The van der Waals surface area contributed by atoms with Crippen LogP contribution in [0, 0.1) is 0 Å². The van der Waals surface area contributed by atoms with Crippen molar-refractivity contribution in [3.63, 3.8) is 0 Å². The molecule has 0 bridgehead atoms. The van der Waals surface area contributed by atoms with Crippen LogP contribution in [0.5, 0.6) is 0 Å². The average Bonchev–Trinajstić information content (AvgIpc) is 2.89. The first-order valence-electron chi connectivity index (χ1n) is 6.02. The molecular weight excluding hydrogens is 252 g/mol. The molecule has 0 amide bonds. The predicted molar refractivity (Wildman–Crippen MR) is 68.1 cm³/mol. The highest BCUT2D eigenvalue weighted by atomic mass is 32.2. The molecular formula is C11H18N4O2S. The number of hydrogen-bond donors (Lipinski definition) is 1. The summed E-state index contributed by atoms with van der Waals surface area (Å²) >= 11 is 1.62. The monoisotopic (exact) mass is 270 g/mol. The van der Waals surface area contributed by atoms with Crippen molar-refractivity contribution >= 4 is 17.7 Å². The van der Waals surface area contributed by atoms with E-state index in [9.17, 15) is 4.79 Å². The molecule has 7 heteroatoms. The number of nitrogens with two attached hydrogens (primary N) is 1. The standard InChI is InChI=1S/C11H18N4O2S/c1-3-17-9(16)11(12)5-4-8(6-11)18-10-14-13-7-15(10)2/h7-8H,3-6,12H2,1-2H3. The van der Waals surface area contributed by atoms with Gasteiger partial charge in [-0.2, -0.15) is 0 Å². The summed E-state index contributed by atoms with van der Waals surface area (Å²) in [4.78, 5) is 11.8. The predicted octanol–water partition coefficient (Wildman–Crippen LogP) is 0.720. The van der Waals surface area contributed by atoms with Gasteiger partial charge in [0.15, 0.2) is 5.16 Å². The molecule has 1 fully saturated rings. The van der Waals surface area contributed by atoms with E-state index in [0.29, 0.717) is 24.7 Å². The highest BCUT2D eigenvalue weighted by molar-refractivity contribution is 7.99. The molecule has 2 atom stereocenters. The van der Waals surface area contributed by atoms with Crippen LogP contribution in [0.4, 0.5) is 0 Å². The molecule has 0 spiro atoms. The fourth-order valence-electron chi connectivity index (χ4n) is 2.12. The second-order valence-corrected chi connectivity index (χ2v) is 5.85. The average molecular weight is 270 g/mol. The van der Waals surface area contributed by atoms with Crippen LogP contribution in [-0.4, -0.2) is 38.1 Å². The van der Waals surface area contributed by atoms with E-state index in [0.717, 1.165) is 11.6 Å². The maximum atomic E-state index is 11.8. The summed E-state index contributed by atoms with van der Waals surface area (Å²) < 4.78 is 6.90. The Balaban J connectivity index is 1.96. The van der Waals surface area contributed by atoms with E-state index in [1.165, 1.54) is 0 Å². The van der Waals surface area contributed by atoms with Crippen LogP contribution in [0.3, 0.4) is 0 Å². The number of carbonyl (C=O) groups is 1. The fourth-order valence-corrected chi connectivity index (χ4v) is 3.34. The van der Waals surface area contributed by atoms with Crippen LogP contribution < -0.4 is 5.73 Å². The number of ether oxygens (including phenoxy) is 1. The number of hydrogen-bond acceptors (Lipinski definition) is 6. The second-order valence-electron chi connectivity index (χ2n) is 4.58. The van der Waals surface area contributed by atoms with Gasteiger partial charge in [0.2, 0.25) is 0 Å². The normalized spacial score (nSPS) is 27.4. The van der Waals surface area contributed by atoms with E-state index >= 15 is 0 Å². The number of carbonyl (C=O) groups excluding carboxylic acids is 1. The molecule has 6 nitrogen and oxygen atoms in total. The van der Waals surface area contributed by atoms with Crippen molar-refractivity contribution in [2.24, 2.45) is 12.8 Å². The molecule has 2 rings (SSSR count). The van der Waals surface area contributed by atoms with Gasteiger partial charge >= 0.3 is 5.97 Å². The minimum absolute atomic E-state index is 0.286. The maximum Gasteiger partial charge on any atom is 0.326 e. The Hall–Kier alpha value is -1.08. The van der Waals surface area contributed by atoms with Gasteiger partial charge in [-0.1, -0.05) is 11.8 Å². The zero-order valence-corrected chi connectivity index (χ0v) is 11.4. The Morgan fingerprint density at radius 2 is 2.56 bits per heavy atom. The molecule has 1 aliphatic rings. The first-order chi connectivity index (χ1) is 8.55. The number of aryl methyl sites for hydroxylation is 1. The molecule has 2 N–H and O–H groups in total. The summed E-state index contributed by atoms with van der Waals surface area (Å²) in [6, 6.07) is 0. The van der Waals surface area contributed by atoms with Crippen LogP contribution in [0.25, 0.3) is 0 Å². The smallest absolute Gasteiger partial charge is 0.326 e. The number of nitrogens with zero attached hydrogens (tertiary/aromatic N) is 3. The maximum absolute atomic E-state index is 11.8. The van der Waals surface area contributed by atoms with Crippen LogP contribution in [0.2, 0.25) is 0 Å². The van der Waals surface area contributed by atoms with Crippen molar-refractivity contribution in [1.29, 1.82) is 0 Å². The van der Waals surface area contributed by atoms with Gasteiger partial charge in [0.05, 0.1) is 6.61 Å². The van der Waals surface area contributed by atoms with Crippen molar-refractivity contribution in [3.05, 3.63) is 6.33 Å². The van der Waals surface area contributed by atoms with E-state index in [-0.39, 0.29) is 5.97 Å². The summed E-state index contributed by atoms with van der Waals surface area (Å²) in [7, 11) is 1.90. The zero-order valence-electron chi connectivity index (χ0n) is 10.6. The molecule has 0 aromatic carbocycles. The SMILES string of the molecule is CCOC(=O)C1(N)CCC(Sc2nncn2C)C1. The molecule has 2 unspecified atom stereocenters. The van der Waals surface area contributed by atoms with E-state index in [1.807, 2.05) is 11.6 Å². The molecule has 1 aliphatic carbocycles. The third-order valence-corrected chi connectivity index (χ3v) is 4.44. The van der Waals surface area contributed by atoms with E-state index in [1.54, 1.807) is 25.0 Å². The Morgan fingerprint density at radius 1 is 1.78 bits per heavy atom. The highest BCUT2D eigenvalue weighted by Gasteiger charge is 2.43. The Bertz CT molecular complexity index is 436. The van der Waals surface area contributed by atoms with Gasteiger partial charge < -0.3 is 15.0 Å². The lowest BCUT2D eigenvalue weighted by molar-refractivity contribution is -0.149. The molecule has 18 heavy (non-hydrogen) atoms. The second kappa shape index (κ2) is 5.27. The molecule has 1 saturated carbocycles. The summed E-state index contributed by atoms with van der Waals surface area (Å²) in [6.07, 6.45) is 3.86. The van der Waals surface area contributed by atoms with Crippen LogP contribution in [0.15, 0.2) is 11.5 Å². The van der Waals surface area contributed by atoms with Crippen molar-refractivity contribution in [2.45, 2.75) is 42.1 Å². The van der Waals surface area contributed by atoms with Gasteiger partial charge in [-0.25, -0.2) is 0 Å². The lowest BCUT2D eigenvalue weighted by atomic mass is 10.00. The summed E-state index contributed by atoms with van der Waals surface area (Å²) in [5, 5.41) is 9.01. The highest BCUT2D eigenvalue weighted by Crippen LogP contribution is 2.38. The summed E-state index contributed by atoms with van der Waals surface area (Å²) in [5.41, 5.74) is 5.29. The lowest BCUT2D eigenvalue weighted by Crippen LogP contribution is -2.47. The van der Waals surface area contributed by atoms with Gasteiger partial charge in [-0.3, -0.25) is 4.79 Å². The third kappa shape index (κ3) is 2.67. The van der Waals surface area contributed by atoms with Gasteiger partial charge in [0.25, 0.3) is 0 Å². The van der Waals surface area contributed by atoms with Gasteiger partial charge in [-0.05, 0) is 26.2 Å². The molecule has 0 radical (unpaired) electrons. The van der Waals surface area contributed by atoms with E-state index in [2.05, 4.69) is 10.2 Å². The fraction of sp³-hybridized carbons (Fsp3) is 0.727. The number of aromatic nitrogens is 3. The van der Waals surface area contributed by atoms with Gasteiger partial charge in [0, 0.05) is 12.3 Å². The zero-order chi connectivity index (χ0) is 13.2. The topological polar surface area (TPSA) is 83.0 Å². The molecule has 0 saturated heterocycles. The lowest BCUT2D eigenvalue weighted by Gasteiger charge is -2.21. The Labute approximate surface area is 110 Å². The van der Waals surface area contributed by atoms with Crippen molar-refractivity contribution in [2.75, 3.05) is 6.61 Å². The number of rotatable bonds is 4. The molecule has 0 aliphatic heterocycles. The first-order valence-corrected chi connectivity index (χ1v) is 6.90. The minimum Gasteiger partial charge on any atom is -0.465 e. The Morgan fingerprint density at radius 3 is 3.17 bits per heavy atom. The van der Waals surface area contributed by atoms with Crippen LogP contribution >= 0.6 is 11.8 Å². The quantitative estimate of drug-likeness (QED) is 0.812. The molecule has 1 aromatic rings. The van der Waals surface area contributed by atoms with Crippen molar-refractivity contribution < 1.29 is 9.53 Å². The summed E-state index contributed by atoms with van der Waals surface area (Å²) in [6.45, 7) is 2.17. The third-order valence-electron chi connectivity index (χ3n) is 3.13. The van der Waals surface area contributed by atoms with E-state index < -0.39 is 5.54 Å².